The van der Waals surface area contributed by atoms with Gasteiger partial charge in [0.25, 0.3) is 11.8 Å². The highest BCUT2D eigenvalue weighted by Gasteiger charge is 2.34. The molecule has 0 aromatic heterocycles. The quantitative estimate of drug-likeness (QED) is 0.292. The minimum Gasteiger partial charge on any atom is -0.457 e. The summed E-state index contributed by atoms with van der Waals surface area (Å²) in [5.41, 5.74) is 7.46. The van der Waals surface area contributed by atoms with E-state index in [1.807, 2.05) is 30.3 Å². The molecule has 0 bridgehead atoms. The first-order chi connectivity index (χ1) is 14.5. The number of carbonyl (C=O) groups excluding carboxylic acids is 2. The molecule has 3 aromatic rings. The van der Waals surface area contributed by atoms with E-state index in [2.05, 4.69) is 5.32 Å². The number of ether oxygens (including phenoxy) is 1. The molecule has 0 spiro atoms. The molecule has 0 atom stereocenters. The van der Waals surface area contributed by atoms with Crippen LogP contribution in [0.15, 0.2) is 84.4 Å². The fourth-order valence-corrected chi connectivity index (χ4v) is 3.28. The Morgan fingerprint density at radius 3 is 2.30 bits per heavy atom. The van der Waals surface area contributed by atoms with Crippen LogP contribution in [0.5, 0.6) is 11.5 Å². The third-order valence-electron chi connectivity index (χ3n) is 4.40. The average Bonchev–Trinajstić information content (AvgIpc) is 2.73. The molecule has 1 aliphatic rings. The Labute approximate surface area is 178 Å². The monoisotopic (exact) mass is 415 g/mol. The second-order valence-corrected chi connectivity index (χ2v) is 6.92. The summed E-state index contributed by atoms with van der Waals surface area (Å²) in [5, 5.41) is 2.58. The molecule has 2 amide bonds. The van der Waals surface area contributed by atoms with Crippen molar-refractivity contribution in [2.24, 2.45) is 0 Å². The topological polar surface area (TPSA) is 84.7 Å². The van der Waals surface area contributed by atoms with E-state index in [9.17, 15) is 9.59 Å². The fraction of sp³-hybridized carbons (Fsp3) is 0. The SMILES string of the molecule is Nc1cccc(C=C2C(=O)NC(=S)N(c3ccc(Oc4ccccc4)cc3)C2=O)c1. The van der Waals surface area contributed by atoms with Gasteiger partial charge in [-0.05, 0) is 72.4 Å². The lowest BCUT2D eigenvalue weighted by atomic mass is 10.1. The number of nitrogen functional groups attached to an aromatic ring is 1. The summed E-state index contributed by atoms with van der Waals surface area (Å²) in [7, 11) is 0. The molecule has 1 heterocycles. The van der Waals surface area contributed by atoms with Gasteiger partial charge in [0.15, 0.2) is 5.11 Å². The standard InChI is InChI=1S/C23H17N3O3S/c24-16-6-4-5-15(13-16)14-20-21(27)25-23(30)26(22(20)28)17-9-11-19(12-10-17)29-18-7-2-1-3-8-18/h1-14H,24H2,(H,25,27,30). The van der Waals surface area contributed by atoms with Gasteiger partial charge in [-0.15, -0.1) is 0 Å². The van der Waals surface area contributed by atoms with Crippen molar-refractivity contribution in [3.05, 3.63) is 90.0 Å². The number of amides is 2. The van der Waals surface area contributed by atoms with Crippen molar-refractivity contribution in [2.75, 3.05) is 10.6 Å². The van der Waals surface area contributed by atoms with E-state index < -0.39 is 11.8 Å². The van der Waals surface area contributed by atoms with E-state index in [0.29, 0.717) is 28.4 Å². The normalized spacial score (nSPS) is 15.3. The van der Waals surface area contributed by atoms with Crippen molar-refractivity contribution in [2.45, 2.75) is 0 Å². The van der Waals surface area contributed by atoms with Crippen molar-refractivity contribution in [3.8, 4) is 11.5 Å². The van der Waals surface area contributed by atoms with E-state index in [0.717, 1.165) is 0 Å². The van der Waals surface area contributed by atoms with Gasteiger partial charge in [0.05, 0.1) is 5.69 Å². The summed E-state index contributed by atoms with van der Waals surface area (Å²) in [4.78, 5) is 26.7. The Kier molecular flexibility index (Phi) is 5.28. The van der Waals surface area contributed by atoms with Crippen LogP contribution in [0.2, 0.25) is 0 Å². The van der Waals surface area contributed by atoms with Crippen molar-refractivity contribution in [1.82, 2.24) is 5.32 Å². The van der Waals surface area contributed by atoms with Crippen LogP contribution in [-0.4, -0.2) is 16.9 Å². The van der Waals surface area contributed by atoms with E-state index in [4.69, 9.17) is 22.7 Å². The first-order valence-electron chi connectivity index (χ1n) is 9.11. The Morgan fingerprint density at radius 2 is 1.60 bits per heavy atom. The van der Waals surface area contributed by atoms with E-state index in [1.165, 1.54) is 11.0 Å². The lowest BCUT2D eigenvalue weighted by Gasteiger charge is -2.29. The van der Waals surface area contributed by atoms with Crippen LogP contribution in [0.3, 0.4) is 0 Å². The molecule has 30 heavy (non-hydrogen) atoms. The van der Waals surface area contributed by atoms with Crippen LogP contribution < -0.4 is 20.7 Å². The first kappa shape index (κ1) is 19.4. The Morgan fingerprint density at radius 1 is 0.900 bits per heavy atom. The first-order valence-corrected chi connectivity index (χ1v) is 9.52. The zero-order valence-electron chi connectivity index (χ0n) is 15.7. The van der Waals surface area contributed by atoms with E-state index in [1.54, 1.807) is 48.5 Å². The number of nitrogens with one attached hydrogen (secondary N) is 1. The molecular weight excluding hydrogens is 398 g/mol. The van der Waals surface area contributed by atoms with Crippen LogP contribution in [0.4, 0.5) is 11.4 Å². The van der Waals surface area contributed by atoms with Crippen molar-refractivity contribution in [1.29, 1.82) is 0 Å². The molecule has 3 N–H and O–H groups in total. The van der Waals surface area contributed by atoms with E-state index in [-0.39, 0.29) is 10.7 Å². The van der Waals surface area contributed by atoms with Crippen LogP contribution >= 0.6 is 12.2 Å². The summed E-state index contributed by atoms with van der Waals surface area (Å²) in [6, 6.07) is 23.2. The Hall–Kier alpha value is -3.97. The van der Waals surface area contributed by atoms with Gasteiger partial charge in [-0.2, -0.15) is 0 Å². The fourth-order valence-electron chi connectivity index (χ4n) is 3.00. The molecular formula is C23H17N3O3S. The van der Waals surface area contributed by atoms with Gasteiger partial charge in [0, 0.05) is 5.69 Å². The molecule has 0 saturated carbocycles. The number of hydrogen-bond donors (Lipinski definition) is 2. The minimum atomic E-state index is -0.548. The lowest BCUT2D eigenvalue weighted by Crippen LogP contribution is -2.54. The Balaban J connectivity index is 1.60. The number of rotatable bonds is 4. The second-order valence-electron chi connectivity index (χ2n) is 6.54. The number of anilines is 2. The van der Waals surface area contributed by atoms with Gasteiger partial charge in [-0.3, -0.25) is 19.8 Å². The molecule has 0 unspecified atom stereocenters. The number of para-hydroxylation sites is 1. The third kappa shape index (κ3) is 4.06. The predicted octanol–water partition coefficient (Wildman–Crippen LogP) is 3.89. The number of thiocarbonyl (C=S) groups is 1. The number of carbonyl (C=O) groups is 2. The minimum absolute atomic E-state index is 0.0199. The van der Waals surface area contributed by atoms with Gasteiger partial charge < -0.3 is 10.5 Å². The van der Waals surface area contributed by atoms with E-state index >= 15 is 0 Å². The molecule has 0 aliphatic carbocycles. The molecule has 6 nitrogen and oxygen atoms in total. The molecule has 0 radical (unpaired) electrons. The highest BCUT2D eigenvalue weighted by Crippen LogP contribution is 2.27. The summed E-state index contributed by atoms with van der Waals surface area (Å²) in [6.45, 7) is 0. The summed E-state index contributed by atoms with van der Waals surface area (Å²) < 4.78 is 5.77. The van der Waals surface area contributed by atoms with Crippen LogP contribution in [0, 0.1) is 0 Å². The molecule has 1 saturated heterocycles. The largest absolute Gasteiger partial charge is 0.457 e. The number of benzene rings is 3. The summed E-state index contributed by atoms with van der Waals surface area (Å²) >= 11 is 5.23. The number of nitrogens with zero attached hydrogens (tertiary/aromatic N) is 1. The highest BCUT2D eigenvalue weighted by molar-refractivity contribution is 7.80. The second kappa shape index (κ2) is 8.18. The molecule has 7 heteroatoms. The van der Waals surface area contributed by atoms with Crippen molar-refractivity contribution < 1.29 is 14.3 Å². The van der Waals surface area contributed by atoms with Gasteiger partial charge in [-0.25, -0.2) is 0 Å². The van der Waals surface area contributed by atoms with Crippen molar-refractivity contribution >= 4 is 46.6 Å². The lowest BCUT2D eigenvalue weighted by molar-refractivity contribution is -0.122. The van der Waals surface area contributed by atoms with Crippen LogP contribution in [0.25, 0.3) is 6.08 Å². The third-order valence-corrected chi connectivity index (χ3v) is 4.68. The summed E-state index contributed by atoms with van der Waals surface area (Å²) in [5.74, 6) is 0.255. The molecule has 1 aliphatic heterocycles. The molecule has 148 valence electrons. The average molecular weight is 415 g/mol. The van der Waals surface area contributed by atoms with Crippen molar-refractivity contribution in [3.63, 3.8) is 0 Å². The zero-order valence-corrected chi connectivity index (χ0v) is 16.6. The van der Waals surface area contributed by atoms with Crippen LogP contribution in [-0.2, 0) is 9.59 Å². The number of nitrogens with two attached hydrogens (primary N) is 1. The van der Waals surface area contributed by atoms with Gasteiger partial charge in [0.2, 0.25) is 0 Å². The zero-order chi connectivity index (χ0) is 21.1. The highest BCUT2D eigenvalue weighted by atomic mass is 32.1. The maximum atomic E-state index is 13.1. The maximum absolute atomic E-state index is 13.1. The molecule has 4 rings (SSSR count). The predicted molar refractivity (Wildman–Crippen MR) is 120 cm³/mol. The van der Waals surface area contributed by atoms with Gasteiger partial charge in [0.1, 0.15) is 17.1 Å². The maximum Gasteiger partial charge on any atom is 0.270 e. The van der Waals surface area contributed by atoms with Crippen LogP contribution in [0.1, 0.15) is 5.56 Å². The summed E-state index contributed by atoms with van der Waals surface area (Å²) in [6.07, 6.45) is 1.50. The number of hydrogen-bond acceptors (Lipinski definition) is 5. The molecule has 1 fully saturated rings. The molecule has 3 aromatic carbocycles. The van der Waals surface area contributed by atoms with Gasteiger partial charge in [-0.1, -0.05) is 30.3 Å². The van der Waals surface area contributed by atoms with Gasteiger partial charge >= 0.3 is 0 Å². The Bertz CT molecular complexity index is 1160. The smallest absolute Gasteiger partial charge is 0.270 e.